The van der Waals surface area contributed by atoms with E-state index < -0.39 is 0 Å². The highest BCUT2D eigenvalue weighted by molar-refractivity contribution is 5.84. The molecule has 20 heavy (non-hydrogen) atoms. The first-order valence-corrected chi connectivity index (χ1v) is 8.79. The highest BCUT2D eigenvalue weighted by atomic mass is 16.2. The van der Waals surface area contributed by atoms with Crippen LogP contribution in [0.5, 0.6) is 0 Å². The van der Waals surface area contributed by atoms with Gasteiger partial charge in [0.1, 0.15) is 0 Å². The van der Waals surface area contributed by atoms with Crippen LogP contribution < -0.4 is 5.32 Å². The van der Waals surface area contributed by atoms with Gasteiger partial charge in [0.25, 0.3) is 0 Å². The summed E-state index contributed by atoms with van der Waals surface area (Å²) in [4.78, 5) is 14.8. The van der Waals surface area contributed by atoms with E-state index in [1.54, 1.807) is 0 Å². The Morgan fingerprint density at radius 2 is 1.95 bits per heavy atom. The van der Waals surface area contributed by atoms with Crippen molar-refractivity contribution in [3.05, 3.63) is 0 Å². The zero-order chi connectivity index (χ0) is 14.1. The van der Waals surface area contributed by atoms with E-state index in [1.165, 1.54) is 25.7 Å². The van der Waals surface area contributed by atoms with E-state index in [-0.39, 0.29) is 6.04 Å². The first-order chi connectivity index (χ1) is 9.72. The third-order valence-corrected chi connectivity index (χ3v) is 5.81. The largest absolute Gasteiger partial charge is 0.326 e. The smallest absolute Gasteiger partial charge is 0.241 e. The van der Waals surface area contributed by atoms with Crippen LogP contribution in [0.4, 0.5) is 0 Å². The van der Waals surface area contributed by atoms with E-state index in [0.717, 1.165) is 50.0 Å². The van der Waals surface area contributed by atoms with Crippen LogP contribution >= 0.6 is 0 Å². The maximum absolute atomic E-state index is 12.6. The zero-order valence-electron chi connectivity index (χ0n) is 13.1. The Balaban J connectivity index is 1.64. The summed E-state index contributed by atoms with van der Waals surface area (Å²) in [5.41, 5.74) is 0. The molecule has 3 rings (SSSR count). The summed E-state index contributed by atoms with van der Waals surface area (Å²) in [6, 6.07) is 0.0927. The lowest BCUT2D eigenvalue weighted by molar-refractivity contribution is -0.131. The van der Waals surface area contributed by atoms with Crippen molar-refractivity contribution in [2.45, 2.75) is 77.4 Å². The van der Waals surface area contributed by atoms with Gasteiger partial charge in [-0.3, -0.25) is 10.1 Å². The van der Waals surface area contributed by atoms with Crippen molar-refractivity contribution in [3.63, 3.8) is 0 Å². The third kappa shape index (κ3) is 2.61. The normalized spacial score (nSPS) is 40.0. The molecule has 3 nitrogen and oxygen atoms in total. The van der Waals surface area contributed by atoms with Crippen LogP contribution in [0.3, 0.4) is 0 Å². The number of carbonyl (C=O) groups is 1. The maximum atomic E-state index is 12.6. The Hall–Kier alpha value is -0.570. The number of rotatable bonds is 6. The highest BCUT2D eigenvalue weighted by Gasteiger charge is 2.44. The molecular formula is C17H30N2O. The average Bonchev–Trinajstić information content (AvgIpc) is 3.11. The van der Waals surface area contributed by atoms with Crippen LogP contribution in [0.15, 0.2) is 0 Å². The van der Waals surface area contributed by atoms with Crippen molar-refractivity contribution in [1.29, 1.82) is 0 Å². The second-order valence-electron chi connectivity index (χ2n) is 7.24. The predicted molar refractivity (Wildman–Crippen MR) is 81.2 cm³/mol. The lowest BCUT2D eigenvalue weighted by Gasteiger charge is -2.30. The fourth-order valence-electron chi connectivity index (χ4n) is 4.83. The molecule has 0 radical (unpaired) electrons. The van der Waals surface area contributed by atoms with Crippen LogP contribution in [-0.4, -0.2) is 29.6 Å². The first kappa shape index (κ1) is 14.4. The summed E-state index contributed by atoms with van der Waals surface area (Å²) in [5, 5.41) is 3.59. The average molecular weight is 278 g/mol. The van der Waals surface area contributed by atoms with Gasteiger partial charge in [-0.1, -0.05) is 33.1 Å². The number of nitrogens with one attached hydrogen (secondary N) is 1. The van der Waals surface area contributed by atoms with Crippen LogP contribution in [0.25, 0.3) is 0 Å². The molecule has 2 saturated carbocycles. The van der Waals surface area contributed by atoms with Gasteiger partial charge >= 0.3 is 0 Å². The lowest BCUT2D eigenvalue weighted by atomic mass is 9.88. The molecule has 0 aromatic rings. The van der Waals surface area contributed by atoms with E-state index in [1.807, 2.05) is 0 Å². The molecule has 1 aliphatic heterocycles. The number of hydrogen-bond acceptors (Lipinski definition) is 2. The highest BCUT2D eigenvalue weighted by Crippen LogP contribution is 2.48. The molecule has 1 N–H and O–H groups in total. The summed E-state index contributed by atoms with van der Waals surface area (Å²) >= 11 is 0. The van der Waals surface area contributed by atoms with Gasteiger partial charge in [0.15, 0.2) is 0 Å². The lowest BCUT2D eigenvalue weighted by Crippen LogP contribution is -2.41. The Labute approximate surface area is 123 Å². The third-order valence-electron chi connectivity index (χ3n) is 5.81. The Bertz CT molecular complexity index is 357. The number of amides is 1. The van der Waals surface area contributed by atoms with Gasteiger partial charge in [-0.2, -0.15) is 0 Å². The molecule has 5 atom stereocenters. The number of fused-ring (bicyclic) bond motifs is 2. The summed E-state index contributed by atoms with van der Waals surface area (Å²) in [7, 11) is 0. The van der Waals surface area contributed by atoms with Gasteiger partial charge in [-0.25, -0.2) is 0 Å². The molecular weight excluding hydrogens is 248 g/mol. The van der Waals surface area contributed by atoms with E-state index in [4.69, 9.17) is 0 Å². The van der Waals surface area contributed by atoms with E-state index >= 15 is 0 Å². The molecule has 3 heteroatoms. The monoisotopic (exact) mass is 278 g/mol. The van der Waals surface area contributed by atoms with Crippen LogP contribution in [-0.2, 0) is 4.79 Å². The molecule has 1 amide bonds. The predicted octanol–water partition coefficient (Wildman–Crippen LogP) is 3.15. The minimum atomic E-state index is 0.0927. The van der Waals surface area contributed by atoms with Crippen LogP contribution in [0.2, 0.25) is 0 Å². The van der Waals surface area contributed by atoms with Crippen molar-refractivity contribution in [1.82, 2.24) is 10.2 Å². The molecule has 2 aliphatic carbocycles. The van der Waals surface area contributed by atoms with Crippen LogP contribution in [0, 0.1) is 17.8 Å². The van der Waals surface area contributed by atoms with Crippen molar-refractivity contribution in [3.8, 4) is 0 Å². The molecule has 0 spiro atoms. The van der Waals surface area contributed by atoms with E-state index in [2.05, 4.69) is 24.1 Å². The van der Waals surface area contributed by atoms with Crippen molar-refractivity contribution < 1.29 is 4.79 Å². The summed E-state index contributed by atoms with van der Waals surface area (Å²) < 4.78 is 0. The molecule has 0 aromatic carbocycles. The number of hydrogen-bond donors (Lipinski definition) is 1. The van der Waals surface area contributed by atoms with Gasteiger partial charge in [-0.05, 0) is 49.9 Å². The molecule has 3 fully saturated rings. The SMILES string of the molecule is CCCC1NC(CCC)N(CC2CC3CCC2C3)C1=O. The minimum absolute atomic E-state index is 0.0927. The summed E-state index contributed by atoms with van der Waals surface area (Å²) in [5.74, 6) is 3.07. The minimum Gasteiger partial charge on any atom is -0.326 e. The molecule has 3 aliphatic rings. The van der Waals surface area contributed by atoms with Gasteiger partial charge < -0.3 is 4.90 Å². The number of carbonyl (C=O) groups excluding carboxylic acids is 1. The second kappa shape index (κ2) is 6.05. The molecule has 5 unspecified atom stereocenters. The fourth-order valence-corrected chi connectivity index (χ4v) is 4.83. The van der Waals surface area contributed by atoms with Crippen molar-refractivity contribution in [2.75, 3.05) is 6.54 Å². The second-order valence-corrected chi connectivity index (χ2v) is 7.24. The maximum Gasteiger partial charge on any atom is 0.241 e. The van der Waals surface area contributed by atoms with Crippen molar-refractivity contribution >= 4 is 5.91 Å². The Morgan fingerprint density at radius 3 is 2.55 bits per heavy atom. The topological polar surface area (TPSA) is 32.3 Å². The summed E-state index contributed by atoms with van der Waals surface area (Å²) in [6.45, 7) is 5.41. The van der Waals surface area contributed by atoms with Crippen LogP contribution in [0.1, 0.15) is 65.2 Å². The molecule has 0 aromatic heterocycles. The molecule has 114 valence electrons. The Kier molecular flexibility index (Phi) is 4.34. The first-order valence-electron chi connectivity index (χ1n) is 8.79. The van der Waals surface area contributed by atoms with E-state index in [9.17, 15) is 4.79 Å². The summed E-state index contributed by atoms with van der Waals surface area (Å²) in [6.07, 6.45) is 10.3. The Morgan fingerprint density at radius 1 is 1.15 bits per heavy atom. The fraction of sp³-hybridized carbons (Fsp3) is 0.941. The quantitative estimate of drug-likeness (QED) is 0.809. The van der Waals surface area contributed by atoms with Gasteiger partial charge in [0.2, 0.25) is 5.91 Å². The molecule has 1 heterocycles. The van der Waals surface area contributed by atoms with Gasteiger partial charge in [0.05, 0.1) is 12.2 Å². The van der Waals surface area contributed by atoms with Gasteiger partial charge in [0, 0.05) is 6.54 Å². The number of nitrogens with zero attached hydrogens (tertiary/aromatic N) is 1. The van der Waals surface area contributed by atoms with E-state index in [0.29, 0.717) is 12.1 Å². The van der Waals surface area contributed by atoms with Gasteiger partial charge in [-0.15, -0.1) is 0 Å². The molecule has 1 saturated heterocycles. The zero-order valence-corrected chi connectivity index (χ0v) is 13.1. The standard InChI is InChI=1S/C17H30N2O/c1-3-5-15-17(20)19(16(18-15)6-4-2)11-14-10-12-7-8-13(14)9-12/h12-16,18H,3-11H2,1-2H3. The molecule has 2 bridgehead atoms. The van der Waals surface area contributed by atoms with Crippen molar-refractivity contribution in [2.24, 2.45) is 17.8 Å².